The minimum Gasteiger partial charge on any atom is -0.496 e. The van der Waals surface area contributed by atoms with E-state index in [9.17, 15) is 4.79 Å². The van der Waals surface area contributed by atoms with Gasteiger partial charge in [-0.15, -0.1) is 0 Å². The van der Waals surface area contributed by atoms with Gasteiger partial charge in [-0.05, 0) is 60.5 Å². The highest BCUT2D eigenvalue weighted by Crippen LogP contribution is 2.34. The quantitative estimate of drug-likeness (QED) is 0.547. The molecule has 3 aromatic carbocycles. The Bertz CT molecular complexity index is 1080. The number of amides is 1. The summed E-state index contributed by atoms with van der Waals surface area (Å²) in [5, 5.41) is 3.07. The van der Waals surface area contributed by atoms with Crippen molar-refractivity contribution in [2.24, 2.45) is 0 Å². The summed E-state index contributed by atoms with van der Waals surface area (Å²) in [5.74, 6) is 0.989. The summed E-state index contributed by atoms with van der Waals surface area (Å²) in [7, 11) is 3.79. The Morgan fingerprint density at radius 3 is 2.18 bits per heavy atom. The SMILES string of the molecule is COc1cccc(C(=O)Nc2ccc(N3CCN(C)CC3)cc2)c1-c1ccc(C(C)C)cc1. The number of hydrogen-bond donors (Lipinski definition) is 1. The number of likely N-dealkylation sites (N-methyl/N-ethyl adjacent to an activating group) is 1. The molecule has 0 unspecified atom stereocenters. The van der Waals surface area contributed by atoms with Gasteiger partial charge in [-0.2, -0.15) is 0 Å². The first-order chi connectivity index (χ1) is 16.0. The Hall–Kier alpha value is -3.31. The van der Waals surface area contributed by atoms with Crippen LogP contribution in [0.5, 0.6) is 5.75 Å². The van der Waals surface area contributed by atoms with Gasteiger partial charge in [-0.1, -0.05) is 44.2 Å². The molecule has 33 heavy (non-hydrogen) atoms. The molecule has 5 nitrogen and oxygen atoms in total. The van der Waals surface area contributed by atoms with Crippen molar-refractivity contribution in [2.75, 3.05) is 50.6 Å². The Labute approximate surface area is 197 Å². The molecule has 172 valence electrons. The van der Waals surface area contributed by atoms with Crippen LogP contribution in [0.1, 0.15) is 35.7 Å². The number of nitrogens with zero attached hydrogens (tertiary/aromatic N) is 2. The van der Waals surface area contributed by atoms with Crippen LogP contribution in [0.4, 0.5) is 11.4 Å². The van der Waals surface area contributed by atoms with Gasteiger partial charge in [-0.3, -0.25) is 4.79 Å². The number of carbonyl (C=O) groups is 1. The number of methoxy groups -OCH3 is 1. The molecule has 4 rings (SSSR count). The third kappa shape index (κ3) is 5.20. The first-order valence-corrected chi connectivity index (χ1v) is 11.6. The van der Waals surface area contributed by atoms with Gasteiger partial charge in [0.15, 0.2) is 0 Å². The molecule has 1 fully saturated rings. The van der Waals surface area contributed by atoms with Crippen LogP contribution in [0.2, 0.25) is 0 Å². The Kier molecular flexibility index (Phi) is 6.99. The lowest BCUT2D eigenvalue weighted by Crippen LogP contribution is -2.44. The molecule has 0 atom stereocenters. The van der Waals surface area contributed by atoms with Crippen LogP contribution in [-0.4, -0.2) is 51.1 Å². The monoisotopic (exact) mass is 443 g/mol. The standard InChI is InChI=1S/C28H33N3O2/c1-20(2)21-8-10-22(11-9-21)27-25(6-5-7-26(27)33-4)28(32)29-23-12-14-24(15-13-23)31-18-16-30(3)17-19-31/h5-15,20H,16-19H2,1-4H3,(H,29,32). The molecule has 1 amide bonds. The van der Waals surface area contributed by atoms with Crippen LogP contribution in [-0.2, 0) is 0 Å². The normalized spacial score (nSPS) is 14.4. The van der Waals surface area contributed by atoms with E-state index in [1.807, 2.05) is 30.3 Å². The van der Waals surface area contributed by atoms with Gasteiger partial charge in [0.05, 0.1) is 12.7 Å². The molecule has 1 saturated heterocycles. The highest BCUT2D eigenvalue weighted by atomic mass is 16.5. The van der Waals surface area contributed by atoms with E-state index in [4.69, 9.17) is 4.74 Å². The first kappa shape index (κ1) is 22.9. The lowest BCUT2D eigenvalue weighted by atomic mass is 9.95. The van der Waals surface area contributed by atoms with Crippen LogP contribution in [0.25, 0.3) is 11.1 Å². The van der Waals surface area contributed by atoms with Gasteiger partial charge in [0.2, 0.25) is 0 Å². The number of piperazine rings is 1. The molecule has 5 heteroatoms. The predicted molar refractivity (Wildman–Crippen MR) is 137 cm³/mol. The molecule has 3 aromatic rings. The van der Waals surface area contributed by atoms with Crippen molar-refractivity contribution in [1.29, 1.82) is 0 Å². The highest BCUT2D eigenvalue weighted by molar-refractivity contribution is 6.09. The molecular weight excluding hydrogens is 410 g/mol. The average Bonchev–Trinajstić information content (AvgIpc) is 2.84. The van der Waals surface area contributed by atoms with E-state index in [1.165, 1.54) is 11.3 Å². The van der Waals surface area contributed by atoms with E-state index in [0.717, 1.165) is 43.0 Å². The predicted octanol–water partition coefficient (Wildman–Crippen LogP) is 5.49. The van der Waals surface area contributed by atoms with Gasteiger partial charge in [0, 0.05) is 43.1 Å². The largest absolute Gasteiger partial charge is 0.496 e. The Morgan fingerprint density at radius 2 is 1.58 bits per heavy atom. The summed E-state index contributed by atoms with van der Waals surface area (Å²) in [6, 6.07) is 22.1. The molecule has 0 aromatic heterocycles. The second-order valence-corrected chi connectivity index (χ2v) is 8.95. The van der Waals surface area contributed by atoms with E-state index in [0.29, 0.717) is 17.2 Å². The fraction of sp³-hybridized carbons (Fsp3) is 0.321. The molecule has 1 N–H and O–H groups in total. The van der Waals surface area contributed by atoms with E-state index in [2.05, 4.69) is 72.4 Å². The summed E-state index contributed by atoms with van der Waals surface area (Å²) >= 11 is 0. The minimum atomic E-state index is -0.149. The second kappa shape index (κ2) is 10.1. The maximum atomic E-state index is 13.3. The van der Waals surface area contributed by atoms with Gasteiger partial charge in [0.25, 0.3) is 5.91 Å². The smallest absolute Gasteiger partial charge is 0.256 e. The van der Waals surface area contributed by atoms with Gasteiger partial charge >= 0.3 is 0 Å². The maximum Gasteiger partial charge on any atom is 0.256 e. The van der Waals surface area contributed by atoms with E-state index < -0.39 is 0 Å². The number of nitrogens with one attached hydrogen (secondary N) is 1. The Morgan fingerprint density at radius 1 is 0.909 bits per heavy atom. The molecule has 0 saturated carbocycles. The van der Waals surface area contributed by atoms with Crippen molar-refractivity contribution in [3.05, 3.63) is 77.9 Å². The molecule has 0 radical (unpaired) electrons. The zero-order valence-electron chi connectivity index (χ0n) is 20.0. The highest BCUT2D eigenvalue weighted by Gasteiger charge is 2.18. The lowest BCUT2D eigenvalue weighted by molar-refractivity contribution is 0.102. The summed E-state index contributed by atoms with van der Waals surface area (Å²) in [6.07, 6.45) is 0. The molecule has 1 aliphatic heterocycles. The van der Waals surface area contributed by atoms with Gasteiger partial charge < -0.3 is 19.9 Å². The maximum absolute atomic E-state index is 13.3. The van der Waals surface area contributed by atoms with Crippen molar-refractivity contribution in [3.8, 4) is 16.9 Å². The number of benzene rings is 3. The minimum absolute atomic E-state index is 0.149. The fourth-order valence-corrected chi connectivity index (χ4v) is 4.24. The van der Waals surface area contributed by atoms with Crippen molar-refractivity contribution < 1.29 is 9.53 Å². The lowest BCUT2D eigenvalue weighted by Gasteiger charge is -2.34. The van der Waals surface area contributed by atoms with Crippen LogP contribution >= 0.6 is 0 Å². The van der Waals surface area contributed by atoms with Crippen molar-refractivity contribution >= 4 is 17.3 Å². The molecule has 0 spiro atoms. The molecule has 0 bridgehead atoms. The van der Waals surface area contributed by atoms with Crippen LogP contribution in [0.15, 0.2) is 66.7 Å². The molecular formula is C28H33N3O2. The summed E-state index contributed by atoms with van der Waals surface area (Å²) < 4.78 is 5.62. The zero-order chi connectivity index (χ0) is 23.4. The summed E-state index contributed by atoms with van der Waals surface area (Å²) in [5.41, 5.74) is 5.60. The fourth-order valence-electron chi connectivity index (χ4n) is 4.24. The van der Waals surface area contributed by atoms with Crippen LogP contribution in [0, 0.1) is 0 Å². The number of anilines is 2. The Balaban J connectivity index is 1.56. The first-order valence-electron chi connectivity index (χ1n) is 11.6. The number of rotatable bonds is 6. The third-order valence-corrected chi connectivity index (χ3v) is 6.35. The van der Waals surface area contributed by atoms with Gasteiger partial charge in [0.1, 0.15) is 5.75 Å². The van der Waals surface area contributed by atoms with Gasteiger partial charge in [-0.25, -0.2) is 0 Å². The van der Waals surface area contributed by atoms with Crippen LogP contribution < -0.4 is 15.0 Å². The van der Waals surface area contributed by atoms with Crippen molar-refractivity contribution in [3.63, 3.8) is 0 Å². The topological polar surface area (TPSA) is 44.8 Å². The van der Waals surface area contributed by atoms with E-state index >= 15 is 0 Å². The van der Waals surface area contributed by atoms with Crippen molar-refractivity contribution in [2.45, 2.75) is 19.8 Å². The third-order valence-electron chi connectivity index (χ3n) is 6.35. The van der Waals surface area contributed by atoms with E-state index in [1.54, 1.807) is 7.11 Å². The molecule has 1 heterocycles. The average molecular weight is 444 g/mol. The van der Waals surface area contributed by atoms with E-state index in [-0.39, 0.29) is 5.91 Å². The summed E-state index contributed by atoms with van der Waals surface area (Å²) in [4.78, 5) is 18.0. The molecule has 0 aliphatic carbocycles. The number of carbonyl (C=O) groups excluding carboxylic acids is 1. The number of ether oxygens (including phenoxy) is 1. The number of hydrogen-bond acceptors (Lipinski definition) is 4. The zero-order valence-corrected chi connectivity index (χ0v) is 20.0. The summed E-state index contributed by atoms with van der Waals surface area (Å²) in [6.45, 7) is 8.51. The molecule has 1 aliphatic rings. The van der Waals surface area contributed by atoms with Crippen molar-refractivity contribution in [1.82, 2.24) is 4.90 Å². The second-order valence-electron chi connectivity index (χ2n) is 8.95. The van der Waals surface area contributed by atoms with Crippen LogP contribution in [0.3, 0.4) is 0 Å².